The van der Waals surface area contributed by atoms with Gasteiger partial charge >= 0.3 is 0 Å². The van der Waals surface area contributed by atoms with E-state index >= 15 is 0 Å². The first-order valence-corrected chi connectivity index (χ1v) is 17.5. The smallest absolute Gasteiger partial charge is 0.126 e. The second-order valence-corrected chi connectivity index (χ2v) is 13.4. The quantitative estimate of drug-likeness (QED) is 0.133. The van der Waals surface area contributed by atoms with Crippen molar-refractivity contribution < 1.29 is 19.3 Å². The van der Waals surface area contributed by atoms with Crippen LogP contribution in [-0.4, -0.2) is 5.11 Å². The molecule has 1 saturated carbocycles. The zero-order valence-corrected chi connectivity index (χ0v) is 30.2. The molecule has 2 aliphatic rings. The van der Waals surface area contributed by atoms with E-state index in [1.807, 2.05) is 60.7 Å². The first-order chi connectivity index (χ1) is 25.2. The van der Waals surface area contributed by atoms with Gasteiger partial charge in [-0.2, -0.15) is 0 Å². The van der Waals surface area contributed by atoms with E-state index in [9.17, 15) is 5.11 Å². The first kappa shape index (κ1) is 35.7. The minimum atomic E-state index is -0.117. The van der Waals surface area contributed by atoms with E-state index < -0.39 is 0 Å². The lowest BCUT2D eigenvalue weighted by atomic mass is 9.70. The fourth-order valence-electron chi connectivity index (χ4n) is 7.55. The molecule has 0 spiro atoms. The van der Waals surface area contributed by atoms with Crippen molar-refractivity contribution in [3.05, 3.63) is 183 Å². The second-order valence-electron chi connectivity index (χ2n) is 13.4. The molecular weight excluding hydrogens is 645 g/mol. The predicted octanol–water partition coefficient (Wildman–Crippen LogP) is 12.3. The molecule has 52 heavy (non-hydrogen) atoms. The molecule has 2 atom stereocenters. The van der Waals surface area contributed by atoms with Gasteiger partial charge in [0.2, 0.25) is 0 Å². The van der Waals surface area contributed by atoms with E-state index in [0.29, 0.717) is 5.75 Å². The highest BCUT2D eigenvalue weighted by molar-refractivity contribution is 5.72. The number of hydrogen-bond donors (Lipinski definition) is 1. The summed E-state index contributed by atoms with van der Waals surface area (Å²) >= 11 is 0. The molecule has 0 aromatic heterocycles. The van der Waals surface area contributed by atoms with Gasteiger partial charge in [0.1, 0.15) is 23.0 Å². The van der Waals surface area contributed by atoms with E-state index in [4.69, 9.17) is 20.8 Å². The third-order valence-corrected chi connectivity index (χ3v) is 10.2. The van der Waals surface area contributed by atoms with Crippen LogP contribution >= 0.6 is 0 Å². The van der Waals surface area contributed by atoms with E-state index in [0.717, 1.165) is 52.8 Å². The number of aromatic hydroxyl groups is 1. The maximum absolute atomic E-state index is 10.1. The number of phenols is 1. The molecule has 0 bridgehead atoms. The zero-order chi connectivity index (χ0) is 36.8. The van der Waals surface area contributed by atoms with E-state index in [1.54, 1.807) is 12.1 Å². The molecule has 2 unspecified atom stereocenters. The second kappa shape index (κ2) is 15.4. The Morgan fingerprint density at radius 3 is 1.60 bits per heavy atom. The summed E-state index contributed by atoms with van der Waals surface area (Å²) < 4.78 is 16.6. The number of ether oxygens (including phenoxy) is 3. The van der Waals surface area contributed by atoms with Gasteiger partial charge in [-0.3, -0.25) is 0 Å². The van der Waals surface area contributed by atoms with Gasteiger partial charge in [-0.05, 0) is 151 Å². The third kappa shape index (κ3) is 7.19. The van der Waals surface area contributed by atoms with Crippen molar-refractivity contribution in [2.24, 2.45) is 17.3 Å². The van der Waals surface area contributed by atoms with Gasteiger partial charge in [-0.15, -0.1) is 0 Å². The van der Waals surface area contributed by atoms with Crippen molar-refractivity contribution in [1.82, 2.24) is 0 Å². The first-order valence-electron chi connectivity index (χ1n) is 17.5. The molecule has 4 aromatic carbocycles. The summed E-state index contributed by atoms with van der Waals surface area (Å²) in [6.07, 6.45) is 12.6. The Morgan fingerprint density at radius 2 is 1.15 bits per heavy atom. The lowest BCUT2D eigenvalue weighted by Gasteiger charge is -2.38. The number of rotatable bonds is 14. The summed E-state index contributed by atoms with van der Waals surface area (Å²) in [5, 5.41) is 10.1. The van der Waals surface area contributed by atoms with Crippen LogP contribution in [0.15, 0.2) is 183 Å². The van der Waals surface area contributed by atoms with Crippen LogP contribution < -0.4 is 24.0 Å². The SMILES string of the molecule is C=COc1ccc(N(C2=CC=C3C(=C)C(C/C(=C\C)N(c4ccc(O)cc4)c4ccc(OC=C)cc4)C(C)(C)C3C2)c2ccc(OC=C)cc2)cc1. The largest absolute Gasteiger partial charge is 0.508 e. The highest BCUT2D eigenvalue weighted by atomic mass is 16.5. The van der Waals surface area contributed by atoms with E-state index in [1.165, 1.54) is 35.6 Å². The minimum Gasteiger partial charge on any atom is -0.508 e. The fourth-order valence-corrected chi connectivity index (χ4v) is 7.55. The molecule has 6 nitrogen and oxygen atoms in total. The Bertz CT molecular complexity index is 1960. The number of allylic oxidation sites excluding steroid dienone is 7. The van der Waals surface area contributed by atoms with Crippen LogP contribution in [0, 0.1) is 17.3 Å². The normalized spacial score (nSPS) is 17.6. The molecule has 1 fully saturated rings. The summed E-state index contributed by atoms with van der Waals surface area (Å²) in [5.41, 5.74) is 8.67. The summed E-state index contributed by atoms with van der Waals surface area (Å²) in [6.45, 7) is 22.6. The van der Waals surface area contributed by atoms with E-state index in [-0.39, 0.29) is 23.0 Å². The molecule has 0 radical (unpaired) electrons. The molecular formula is C46H46N2O4. The van der Waals surface area contributed by atoms with Crippen LogP contribution in [0.2, 0.25) is 0 Å². The number of anilines is 4. The van der Waals surface area contributed by atoms with Crippen molar-refractivity contribution in [2.75, 3.05) is 9.80 Å². The lowest BCUT2D eigenvalue weighted by molar-refractivity contribution is 0.203. The van der Waals surface area contributed by atoms with Crippen LogP contribution in [0.1, 0.15) is 33.6 Å². The van der Waals surface area contributed by atoms with Crippen molar-refractivity contribution in [3.63, 3.8) is 0 Å². The van der Waals surface area contributed by atoms with Gasteiger partial charge < -0.3 is 29.1 Å². The molecule has 4 aromatic rings. The van der Waals surface area contributed by atoms with Gasteiger partial charge in [0.05, 0.1) is 18.8 Å². The fraction of sp³-hybridized carbons (Fsp3) is 0.174. The Hall–Kier alpha value is -6.14. The monoisotopic (exact) mass is 690 g/mol. The average molecular weight is 691 g/mol. The van der Waals surface area contributed by atoms with Gasteiger partial charge in [-0.25, -0.2) is 0 Å². The molecule has 0 aliphatic heterocycles. The standard InChI is InChI=1S/C46H46N2O4/c1-8-33(47(34-12-21-39(49)22-13-34)35-14-23-40(24-15-35)50-9-2)30-44-32(5)43-29-20-38(31-45(43)46(44,6)7)48(36-16-25-41(26-17-36)51-10-3)37-18-27-42(28-19-37)52-11-4/h8-29,44-45,49H,2-5,30-31H2,1,6-7H3/b33-8+. The molecule has 6 rings (SSSR count). The lowest BCUT2D eigenvalue weighted by Crippen LogP contribution is -2.31. The number of hydrogen-bond acceptors (Lipinski definition) is 6. The zero-order valence-electron chi connectivity index (χ0n) is 30.2. The molecule has 2 aliphatic carbocycles. The van der Waals surface area contributed by atoms with Crippen LogP contribution in [0.3, 0.4) is 0 Å². The van der Waals surface area contributed by atoms with Gasteiger partial charge in [0, 0.05) is 34.1 Å². The minimum absolute atomic E-state index is 0.117. The van der Waals surface area contributed by atoms with Crippen LogP contribution in [0.25, 0.3) is 0 Å². The number of phenolic OH excluding ortho intramolecular Hbond substituents is 1. The molecule has 1 N–H and O–H groups in total. The predicted molar refractivity (Wildman–Crippen MR) is 213 cm³/mol. The summed E-state index contributed by atoms with van der Waals surface area (Å²) in [6, 6.07) is 31.4. The molecule has 0 amide bonds. The summed E-state index contributed by atoms with van der Waals surface area (Å²) in [7, 11) is 0. The van der Waals surface area contributed by atoms with Gasteiger partial charge in [0.15, 0.2) is 0 Å². The number of nitrogens with zero attached hydrogens (tertiary/aromatic N) is 2. The Kier molecular flexibility index (Phi) is 10.6. The molecule has 264 valence electrons. The van der Waals surface area contributed by atoms with Gasteiger partial charge in [-0.1, -0.05) is 52.3 Å². The molecule has 0 heterocycles. The Labute approximate surface area is 307 Å². The number of benzene rings is 4. The summed E-state index contributed by atoms with van der Waals surface area (Å²) in [4.78, 5) is 4.56. The van der Waals surface area contributed by atoms with Crippen molar-refractivity contribution in [2.45, 2.75) is 33.6 Å². The maximum atomic E-state index is 10.1. The van der Waals surface area contributed by atoms with Crippen molar-refractivity contribution >= 4 is 22.7 Å². The Morgan fingerprint density at radius 1 is 0.712 bits per heavy atom. The highest BCUT2D eigenvalue weighted by Crippen LogP contribution is 2.59. The third-order valence-electron chi connectivity index (χ3n) is 10.2. The van der Waals surface area contributed by atoms with Crippen LogP contribution in [-0.2, 0) is 0 Å². The topological polar surface area (TPSA) is 54.4 Å². The van der Waals surface area contributed by atoms with Crippen molar-refractivity contribution in [1.29, 1.82) is 0 Å². The van der Waals surface area contributed by atoms with Gasteiger partial charge in [0.25, 0.3) is 0 Å². The van der Waals surface area contributed by atoms with E-state index in [2.05, 4.69) is 92.8 Å². The average Bonchev–Trinajstić information content (AvgIpc) is 3.34. The van der Waals surface area contributed by atoms with Crippen LogP contribution in [0.4, 0.5) is 22.7 Å². The highest BCUT2D eigenvalue weighted by Gasteiger charge is 2.49. The van der Waals surface area contributed by atoms with Crippen molar-refractivity contribution in [3.8, 4) is 23.0 Å². The summed E-state index contributed by atoms with van der Waals surface area (Å²) in [5.74, 6) is 2.81. The van der Waals surface area contributed by atoms with Crippen LogP contribution in [0.5, 0.6) is 23.0 Å². The maximum Gasteiger partial charge on any atom is 0.126 e. The molecule has 6 heteroatoms. The number of fused-ring (bicyclic) bond motifs is 1. The Balaban J connectivity index is 1.32. The molecule has 0 saturated heterocycles.